The number of aryl methyl sites for hydroxylation is 1. The number of nitrogens with zero attached hydrogens (tertiary/aromatic N) is 4. The maximum atomic E-state index is 12.4. The minimum absolute atomic E-state index is 0.0666. The molecule has 5 aromatic rings. The Labute approximate surface area is 193 Å². The summed E-state index contributed by atoms with van der Waals surface area (Å²) in [4.78, 5) is 34.8. The summed E-state index contributed by atoms with van der Waals surface area (Å²) < 4.78 is 8.85. The highest BCUT2D eigenvalue weighted by atomic mass is 32.2. The van der Waals surface area contributed by atoms with Crippen LogP contribution in [0, 0.1) is 6.92 Å². The molecule has 4 aromatic heterocycles. The molecule has 33 heavy (non-hydrogen) atoms. The lowest BCUT2D eigenvalue weighted by Gasteiger charge is -2.07. The molecule has 7 nitrogen and oxygen atoms in total. The lowest BCUT2D eigenvalue weighted by atomic mass is 10.2. The highest BCUT2D eigenvalue weighted by Gasteiger charge is 2.10. The van der Waals surface area contributed by atoms with E-state index in [2.05, 4.69) is 9.97 Å². The first-order chi connectivity index (χ1) is 16.0. The zero-order valence-corrected chi connectivity index (χ0v) is 18.7. The summed E-state index contributed by atoms with van der Waals surface area (Å²) in [5.41, 5.74) is 4.05. The molecule has 0 saturated carbocycles. The Bertz CT molecular complexity index is 1490. The Kier molecular flexibility index (Phi) is 5.66. The Morgan fingerprint density at radius 3 is 2.61 bits per heavy atom. The SMILES string of the molecule is Cc1ccc2nc(COC(=O)c3ccc(SCc4cn5ccccc5n4)cc3)cc(=O)n2c1. The third kappa shape index (κ3) is 4.65. The molecule has 0 radical (unpaired) electrons. The molecule has 0 N–H and O–H groups in total. The average molecular weight is 457 g/mol. The summed E-state index contributed by atoms with van der Waals surface area (Å²) in [5.74, 6) is 0.270. The maximum absolute atomic E-state index is 12.4. The van der Waals surface area contributed by atoms with Crippen LogP contribution in [-0.2, 0) is 17.1 Å². The molecule has 5 rings (SSSR count). The van der Waals surface area contributed by atoms with Crippen LogP contribution in [0.25, 0.3) is 11.3 Å². The van der Waals surface area contributed by atoms with Gasteiger partial charge in [-0.25, -0.2) is 14.8 Å². The van der Waals surface area contributed by atoms with Crippen LogP contribution in [0.5, 0.6) is 0 Å². The van der Waals surface area contributed by atoms with Crippen molar-refractivity contribution in [1.82, 2.24) is 18.8 Å². The number of hydrogen-bond acceptors (Lipinski definition) is 6. The van der Waals surface area contributed by atoms with E-state index in [-0.39, 0.29) is 12.2 Å². The Morgan fingerprint density at radius 2 is 1.79 bits per heavy atom. The fourth-order valence-electron chi connectivity index (χ4n) is 3.46. The highest BCUT2D eigenvalue weighted by molar-refractivity contribution is 7.98. The normalized spacial score (nSPS) is 11.2. The standard InChI is InChI=1S/C25H20N4O3S/c1-17-5-10-23-26-19(12-24(30)29(23)13-17)15-32-25(31)18-6-8-21(9-7-18)33-16-20-14-28-11-3-2-4-22(28)27-20/h2-14H,15-16H2,1H3. The van der Waals surface area contributed by atoms with E-state index in [4.69, 9.17) is 4.74 Å². The first-order valence-corrected chi connectivity index (χ1v) is 11.4. The van der Waals surface area contributed by atoms with Crippen molar-refractivity contribution < 1.29 is 9.53 Å². The maximum Gasteiger partial charge on any atom is 0.338 e. The molecule has 0 amide bonds. The molecule has 0 aliphatic carbocycles. The van der Waals surface area contributed by atoms with Crippen molar-refractivity contribution in [2.24, 2.45) is 0 Å². The minimum atomic E-state index is -0.460. The van der Waals surface area contributed by atoms with Crippen molar-refractivity contribution in [3.05, 3.63) is 112 Å². The number of thioether (sulfide) groups is 1. The summed E-state index contributed by atoms with van der Waals surface area (Å²) in [7, 11) is 0. The van der Waals surface area contributed by atoms with Gasteiger partial charge in [0.25, 0.3) is 5.56 Å². The molecule has 164 valence electrons. The smallest absolute Gasteiger partial charge is 0.338 e. The van der Waals surface area contributed by atoms with Gasteiger partial charge in [-0.3, -0.25) is 9.20 Å². The lowest BCUT2D eigenvalue weighted by Crippen LogP contribution is -2.16. The zero-order chi connectivity index (χ0) is 22.8. The van der Waals surface area contributed by atoms with Crippen molar-refractivity contribution in [2.45, 2.75) is 24.2 Å². The first kappa shape index (κ1) is 21.0. The van der Waals surface area contributed by atoms with Gasteiger partial charge in [-0.15, -0.1) is 11.8 Å². The lowest BCUT2D eigenvalue weighted by molar-refractivity contribution is 0.0467. The number of imidazole rings is 1. The van der Waals surface area contributed by atoms with Crippen molar-refractivity contribution in [3.63, 3.8) is 0 Å². The Balaban J connectivity index is 1.20. The molecular formula is C25H20N4O3S. The monoisotopic (exact) mass is 456 g/mol. The van der Waals surface area contributed by atoms with E-state index < -0.39 is 5.97 Å². The van der Waals surface area contributed by atoms with E-state index >= 15 is 0 Å². The summed E-state index contributed by atoms with van der Waals surface area (Å²) in [6, 6.07) is 18.2. The van der Waals surface area contributed by atoms with Gasteiger partial charge in [0.05, 0.1) is 17.0 Å². The predicted molar refractivity (Wildman–Crippen MR) is 127 cm³/mol. The molecule has 0 unspecified atom stereocenters. The Morgan fingerprint density at radius 1 is 0.970 bits per heavy atom. The molecule has 0 spiro atoms. The number of hydrogen-bond donors (Lipinski definition) is 0. The van der Waals surface area contributed by atoms with Crippen LogP contribution in [0.2, 0.25) is 0 Å². The number of carbonyl (C=O) groups is 1. The molecule has 0 saturated heterocycles. The first-order valence-electron chi connectivity index (χ1n) is 10.4. The van der Waals surface area contributed by atoms with Crippen LogP contribution < -0.4 is 5.56 Å². The Hall–Kier alpha value is -3.91. The highest BCUT2D eigenvalue weighted by Crippen LogP contribution is 2.23. The van der Waals surface area contributed by atoms with Crippen LogP contribution in [0.3, 0.4) is 0 Å². The number of ether oxygens (including phenoxy) is 1. The van der Waals surface area contributed by atoms with Gasteiger partial charge in [0, 0.05) is 35.3 Å². The fraction of sp³-hybridized carbons (Fsp3) is 0.120. The molecule has 0 bridgehead atoms. The summed E-state index contributed by atoms with van der Waals surface area (Å²) in [6.45, 7) is 1.84. The molecule has 0 aliphatic heterocycles. The van der Waals surface area contributed by atoms with E-state index in [1.165, 1.54) is 10.5 Å². The third-order valence-corrected chi connectivity index (χ3v) is 6.15. The number of benzene rings is 1. The third-order valence-electron chi connectivity index (χ3n) is 5.10. The molecule has 0 atom stereocenters. The van der Waals surface area contributed by atoms with E-state index in [1.807, 2.05) is 60.1 Å². The topological polar surface area (TPSA) is 78.0 Å². The van der Waals surface area contributed by atoms with Gasteiger partial charge in [-0.05, 0) is 55.0 Å². The second-order valence-electron chi connectivity index (χ2n) is 7.61. The summed E-state index contributed by atoms with van der Waals surface area (Å²) in [5, 5.41) is 0. The quantitative estimate of drug-likeness (QED) is 0.280. The van der Waals surface area contributed by atoms with Gasteiger partial charge in [0.1, 0.15) is 17.9 Å². The van der Waals surface area contributed by atoms with Crippen molar-refractivity contribution in [3.8, 4) is 0 Å². The van der Waals surface area contributed by atoms with Crippen LogP contribution >= 0.6 is 11.8 Å². The van der Waals surface area contributed by atoms with Crippen LogP contribution in [0.15, 0.2) is 88.9 Å². The average Bonchev–Trinajstić information content (AvgIpc) is 3.25. The van der Waals surface area contributed by atoms with Gasteiger partial charge in [-0.1, -0.05) is 12.1 Å². The predicted octanol–water partition coefficient (Wildman–Crippen LogP) is 4.30. The molecule has 0 aliphatic rings. The van der Waals surface area contributed by atoms with Gasteiger partial charge in [0.15, 0.2) is 0 Å². The number of pyridine rings is 2. The second-order valence-corrected chi connectivity index (χ2v) is 8.66. The molecular weight excluding hydrogens is 436 g/mol. The van der Waals surface area contributed by atoms with Gasteiger partial charge in [0.2, 0.25) is 0 Å². The summed E-state index contributed by atoms with van der Waals surface area (Å²) in [6.07, 6.45) is 5.72. The van der Waals surface area contributed by atoms with E-state index in [9.17, 15) is 9.59 Å². The zero-order valence-electron chi connectivity index (χ0n) is 17.8. The van der Waals surface area contributed by atoms with Crippen molar-refractivity contribution in [1.29, 1.82) is 0 Å². The number of aromatic nitrogens is 4. The second kappa shape index (κ2) is 8.91. The van der Waals surface area contributed by atoms with Crippen molar-refractivity contribution in [2.75, 3.05) is 0 Å². The van der Waals surface area contributed by atoms with Crippen molar-refractivity contribution >= 4 is 29.0 Å². The largest absolute Gasteiger partial charge is 0.456 e. The molecule has 0 fully saturated rings. The van der Waals surface area contributed by atoms with E-state index in [0.717, 1.165) is 27.6 Å². The molecule has 4 heterocycles. The summed E-state index contributed by atoms with van der Waals surface area (Å²) >= 11 is 1.65. The number of esters is 1. The molecule has 1 aromatic carbocycles. The van der Waals surface area contributed by atoms with Crippen LogP contribution in [0.4, 0.5) is 0 Å². The number of rotatable bonds is 6. The number of carbonyl (C=O) groups excluding carboxylic acids is 1. The van der Waals surface area contributed by atoms with E-state index in [0.29, 0.717) is 16.9 Å². The van der Waals surface area contributed by atoms with E-state index in [1.54, 1.807) is 36.2 Å². The van der Waals surface area contributed by atoms with Gasteiger partial charge in [-0.2, -0.15) is 0 Å². The van der Waals surface area contributed by atoms with Gasteiger partial charge < -0.3 is 9.14 Å². The van der Waals surface area contributed by atoms with Gasteiger partial charge >= 0.3 is 5.97 Å². The van der Waals surface area contributed by atoms with Crippen LogP contribution in [0.1, 0.15) is 27.3 Å². The molecule has 8 heteroatoms. The van der Waals surface area contributed by atoms with Crippen LogP contribution in [-0.4, -0.2) is 24.7 Å². The minimum Gasteiger partial charge on any atom is -0.456 e. The number of fused-ring (bicyclic) bond motifs is 2. The fourth-order valence-corrected chi connectivity index (χ4v) is 4.24.